The number of amides is 1. The number of hydrogen-bond acceptors (Lipinski definition) is 3. The molecule has 19 heavy (non-hydrogen) atoms. The Balaban J connectivity index is 2.83. The van der Waals surface area contributed by atoms with Crippen LogP contribution in [0.4, 0.5) is 5.69 Å². The van der Waals surface area contributed by atoms with Crippen LogP contribution in [0.3, 0.4) is 0 Å². The van der Waals surface area contributed by atoms with Crippen molar-refractivity contribution in [2.24, 2.45) is 0 Å². The highest BCUT2D eigenvalue weighted by atomic mass is 16.2. The summed E-state index contributed by atoms with van der Waals surface area (Å²) in [6, 6.07) is 5.70. The van der Waals surface area contributed by atoms with Crippen LogP contribution in [0.5, 0.6) is 0 Å². The smallest absolute Gasteiger partial charge is 0.238 e. The van der Waals surface area contributed by atoms with Gasteiger partial charge in [0.25, 0.3) is 0 Å². The first kappa shape index (κ1) is 15.2. The van der Waals surface area contributed by atoms with Crippen LogP contribution in [0, 0.1) is 25.2 Å². The highest BCUT2D eigenvalue weighted by Gasteiger charge is 2.11. The third kappa shape index (κ3) is 4.08. The van der Waals surface area contributed by atoms with Gasteiger partial charge in [0.1, 0.15) is 0 Å². The number of nitrogens with zero attached hydrogens (tertiary/aromatic N) is 2. The van der Waals surface area contributed by atoms with Gasteiger partial charge in [-0.3, -0.25) is 9.69 Å². The Morgan fingerprint density at radius 2 is 1.79 bits per heavy atom. The number of nitriles is 1. The molecule has 1 aromatic rings. The highest BCUT2D eigenvalue weighted by molar-refractivity contribution is 5.93. The Kier molecular flexibility index (Phi) is 5.53. The molecule has 0 atom stereocenters. The molecule has 1 amide bonds. The van der Waals surface area contributed by atoms with Crippen LogP contribution in [-0.4, -0.2) is 30.4 Å². The fourth-order valence-corrected chi connectivity index (χ4v) is 2.05. The van der Waals surface area contributed by atoms with Gasteiger partial charge in [0.15, 0.2) is 0 Å². The number of anilines is 1. The summed E-state index contributed by atoms with van der Waals surface area (Å²) in [5.74, 6) is -0.0143. The first-order chi connectivity index (χ1) is 9.01. The van der Waals surface area contributed by atoms with Gasteiger partial charge in [0.2, 0.25) is 5.91 Å². The molecule has 1 rings (SSSR count). The van der Waals surface area contributed by atoms with E-state index in [1.807, 2.05) is 27.7 Å². The molecule has 0 fully saturated rings. The largest absolute Gasteiger partial charge is 0.324 e. The minimum atomic E-state index is -0.0143. The fourth-order valence-electron chi connectivity index (χ4n) is 2.05. The topological polar surface area (TPSA) is 56.1 Å². The monoisotopic (exact) mass is 259 g/mol. The van der Waals surface area contributed by atoms with Crippen molar-refractivity contribution >= 4 is 11.6 Å². The molecule has 102 valence electrons. The summed E-state index contributed by atoms with van der Waals surface area (Å²) in [6.07, 6.45) is 0. The van der Waals surface area contributed by atoms with E-state index in [9.17, 15) is 4.79 Å². The predicted molar refractivity (Wildman–Crippen MR) is 77.0 cm³/mol. The molecule has 0 heterocycles. The maximum absolute atomic E-state index is 12.0. The number of likely N-dealkylation sites (N-methyl/N-ethyl adjacent to an activating group) is 1. The fraction of sp³-hybridized carbons (Fsp3) is 0.467. The van der Waals surface area contributed by atoms with Gasteiger partial charge in [-0.1, -0.05) is 13.8 Å². The van der Waals surface area contributed by atoms with E-state index < -0.39 is 0 Å². The van der Waals surface area contributed by atoms with E-state index in [-0.39, 0.29) is 5.91 Å². The van der Waals surface area contributed by atoms with Crippen molar-refractivity contribution in [2.75, 3.05) is 25.0 Å². The molecule has 0 aliphatic carbocycles. The maximum atomic E-state index is 12.0. The third-order valence-corrected chi connectivity index (χ3v) is 3.19. The Bertz CT molecular complexity index is 476. The number of carbonyl (C=O) groups is 1. The summed E-state index contributed by atoms with van der Waals surface area (Å²) >= 11 is 0. The standard InChI is InChI=1S/C15H21N3O/c1-5-18(6-2)10-14(19)17-15-11(3)7-13(9-16)8-12(15)4/h7-8H,5-6,10H2,1-4H3,(H,17,19). The molecular formula is C15H21N3O. The molecule has 1 N–H and O–H groups in total. The predicted octanol–water partition coefficient (Wildman–Crippen LogP) is 2.46. The van der Waals surface area contributed by atoms with Crippen molar-refractivity contribution in [3.8, 4) is 6.07 Å². The van der Waals surface area contributed by atoms with Gasteiger partial charge in [-0.25, -0.2) is 0 Å². The Hall–Kier alpha value is -1.86. The van der Waals surface area contributed by atoms with Crippen LogP contribution in [-0.2, 0) is 4.79 Å². The number of aryl methyl sites for hydroxylation is 2. The van der Waals surface area contributed by atoms with E-state index in [0.29, 0.717) is 12.1 Å². The van der Waals surface area contributed by atoms with Crippen molar-refractivity contribution in [1.29, 1.82) is 5.26 Å². The van der Waals surface area contributed by atoms with E-state index >= 15 is 0 Å². The molecule has 0 bridgehead atoms. The number of nitrogens with one attached hydrogen (secondary N) is 1. The minimum absolute atomic E-state index is 0.0143. The van der Waals surface area contributed by atoms with E-state index in [1.54, 1.807) is 12.1 Å². The summed E-state index contributed by atoms with van der Waals surface area (Å²) in [5, 5.41) is 11.8. The number of rotatable bonds is 5. The lowest BCUT2D eigenvalue weighted by atomic mass is 10.0. The summed E-state index contributed by atoms with van der Waals surface area (Å²) in [5.41, 5.74) is 3.28. The molecule has 0 saturated carbocycles. The van der Waals surface area contributed by atoms with Gasteiger partial charge >= 0.3 is 0 Å². The molecule has 0 unspecified atom stereocenters. The molecular weight excluding hydrogens is 238 g/mol. The summed E-state index contributed by atoms with van der Waals surface area (Å²) in [6.45, 7) is 9.99. The van der Waals surface area contributed by atoms with Crippen LogP contribution in [0.25, 0.3) is 0 Å². The maximum Gasteiger partial charge on any atom is 0.238 e. The molecule has 0 radical (unpaired) electrons. The van der Waals surface area contributed by atoms with Crippen molar-refractivity contribution in [1.82, 2.24) is 4.90 Å². The lowest BCUT2D eigenvalue weighted by Gasteiger charge is -2.18. The molecule has 0 spiro atoms. The molecule has 4 heteroatoms. The molecule has 0 aliphatic heterocycles. The zero-order valence-electron chi connectivity index (χ0n) is 12.1. The molecule has 1 aromatic carbocycles. The second-order valence-electron chi connectivity index (χ2n) is 4.61. The number of benzene rings is 1. The van der Waals surface area contributed by atoms with Gasteiger partial charge in [0, 0.05) is 5.69 Å². The summed E-state index contributed by atoms with van der Waals surface area (Å²) in [4.78, 5) is 14.0. The zero-order valence-corrected chi connectivity index (χ0v) is 12.1. The Morgan fingerprint density at radius 3 is 2.21 bits per heavy atom. The van der Waals surface area contributed by atoms with Gasteiger partial charge < -0.3 is 5.32 Å². The van der Waals surface area contributed by atoms with Crippen LogP contribution in [0.1, 0.15) is 30.5 Å². The summed E-state index contributed by atoms with van der Waals surface area (Å²) in [7, 11) is 0. The van der Waals surface area contributed by atoms with Crippen LogP contribution in [0.15, 0.2) is 12.1 Å². The molecule has 0 aromatic heterocycles. The minimum Gasteiger partial charge on any atom is -0.324 e. The Morgan fingerprint density at radius 1 is 1.26 bits per heavy atom. The quantitative estimate of drug-likeness (QED) is 0.883. The third-order valence-electron chi connectivity index (χ3n) is 3.19. The van der Waals surface area contributed by atoms with Crippen molar-refractivity contribution < 1.29 is 4.79 Å². The second kappa shape index (κ2) is 6.91. The van der Waals surface area contributed by atoms with Crippen LogP contribution in [0.2, 0.25) is 0 Å². The average Bonchev–Trinajstić information content (AvgIpc) is 2.39. The van der Waals surface area contributed by atoms with E-state index in [2.05, 4.69) is 16.3 Å². The van der Waals surface area contributed by atoms with Crippen LogP contribution >= 0.6 is 0 Å². The van der Waals surface area contributed by atoms with E-state index in [1.165, 1.54) is 0 Å². The number of hydrogen-bond donors (Lipinski definition) is 1. The highest BCUT2D eigenvalue weighted by Crippen LogP contribution is 2.21. The van der Waals surface area contributed by atoms with Gasteiger partial charge in [-0.15, -0.1) is 0 Å². The van der Waals surface area contributed by atoms with Crippen molar-refractivity contribution in [3.63, 3.8) is 0 Å². The van der Waals surface area contributed by atoms with E-state index in [0.717, 1.165) is 29.9 Å². The normalized spacial score (nSPS) is 10.3. The Labute approximate surface area is 115 Å². The zero-order chi connectivity index (χ0) is 14.4. The first-order valence-corrected chi connectivity index (χ1v) is 6.55. The van der Waals surface area contributed by atoms with Gasteiger partial charge in [-0.2, -0.15) is 5.26 Å². The molecule has 0 aliphatic rings. The summed E-state index contributed by atoms with van der Waals surface area (Å²) < 4.78 is 0. The second-order valence-corrected chi connectivity index (χ2v) is 4.61. The SMILES string of the molecule is CCN(CC)CC(=O)Nc1c(C)cc(C#N)cc1C. The lowest BCUT2D eigenvalue weighted by molar-refractivity contribution is -0.117. The van der Waals surface area contributed by atoms with Gasteiger partial charge in [0.05, 0.1) is 18.2 Å². The van der Waals surface area contributed by atoms with Gasteiger partial charge in [-0.05, 0) is 50.2 Å². The molecule has 4 nitrogen and oxygen atoms in total. The lowest BCUT2D eigenvalue weighted by Crippen LogP contribution is -2.33. The number of carbonyl (C=O) groups excluding carboxylic acids is 1. The van der Waals surface area contributed by atoms with Crippen molar-refractivity contribution in [2.45, 2.75) is 27.7 Å². The average molecular weight is 259 g/mol. The van der Waals surface area contributed by atoms with Crippen LogP contribution < -0.4 is 5.32 Å². The van der Waals surface area contributed by atoms with Crippen molar-refractivity contribution in [3.05, 3.63) is 28.8 Å². The molecule has 0 saturated heterocycles. The van der Waals surface area contributed by atoms with E-state index in [4.69, 9.17) is 5.26 Å². The first-order valence-electron chi connectivity index (χ1n) is 6.55.